The van der Waals surface area contributed by atoms with Crippen LogP contribution in [0.15, 0.2) is 41.2 Å². The van der Waals surface area contributed by atoms with E-state index in [-0.39, 0.29) is 5.91 Å². The molecule has 0 saturated carbocycles. The Morgan fingerprint density at radius 1 is 1.20 bits per heavy atom. The van der Waals surface area contributed by atoms with E-state index in [1.807, 2.05) is 48.5 Å². The molecule has 3 rings (SSSR count). The molecule has 5 nitrogen and oxygen atoms in total. The topological polar surface area (TPSA) is 51.7 Å². The molecule has 0 unspecified atom stereocenters. The third-order valence-corrected chi connectivity index (χ3v) is 3.60. The van der Waals surface area contributed by atoms with E-state index in [1.165, 1.54) is 0 Å². The maximum atomic E-state index is 12.3. The molecule has 1 aliphatic rings. The number of rotatable bonds is 1. The van der Waals surface area contributed by atoms with E-state index in [4.69, 9.17) is 0 Å². The highest BCUT2D eigenvalue weighted by Gasteiger charge is 2.33. The summed E-state index contributed by atoms with van der Waals surface area (Å²) in [6.07, 6.45) is 3.82. The summed E-state index contributed by atoms with van der Waals surface area (Å²) < 4.78 is 0. The smallest absolute Gasteiger partial charge is 0.277 e. The highest BCUT2D eigenvalue weighted by Crippen LogP contribution is 2.24. The molecule has 0 radical (unpaired) electrons. The second-order valence-electron chi connectivity index (χ2n) is 4.77. The quantitative estimate of drug-likeness (QED) is 0.803. The fraction of sp³-hybridized carbons (Fsp3) is 0.200. The minimum absolute atomic E-state index is 0.0432. The van der Waals surface area contributed by atoms with Crippen LogP contribution in [0.25, 0.3) is 17.0 Å². The van der Waals surface area contributed by atoms with Gasteiger partial charge in [-0.2, -0.15) is 0 Å². The van der Waals surface area contributed by atoms with Crippen molar-refractivity contribution in [2.24, 2.45) is 4.99 Å². The fourth-order valence-electron chi connectivity index (χ4n) is 2.56. The SMILES string of the molecule is C/N=C1\N(C)C(=O)C(=Cc2c[nH]c3ccccc23)N1C. The average Bonchev–Trinajstić information content (AvgIpc) is 2.95. The van der Waals surface area contributed by atoms with E-state index in [9.17, 15) is 4.79 Å². The molecule has 102 valence electrons. The molecule has 1 saturated heterocycles. The summed E-state index contributed by atoms with van der Waals surface area (Å²) in [6, 6.07) is 8.03. The Bertz CT molecular complexity index is 741. The number of fused-ring (bicyclic) bond motifs is 1. The number of carbonyl (C=O) groups is 1. The van der Waals surface area contributed by atoms with Gasteiger partial charge in [-0.25, -0.2) is 0 Å². The lowest BCUT2D eigenvalue weighted by atomic mass is 10.1. The van der Waals surface area contributed by atoms with E-state index in [1.54, 1.807) is 19.0 Å². The number of aliphatic imine (C=N–C) groups is 1. The van der Waals surface area contributed by atoms with Gasteiger partial charge in [-0.3, -0.25) is 14.7 Å². The van der Waals surface area contributed by atoms with Gasteiger partial charge in [0.15, 0.2) is 0 Å². The number of hydrogen-bond donors (Lipinski definition) is 1. The van der Waals surface area contributed by atoms with Crippen molar-refractivity contribution in [3.8, 4) is 0 Å². The van der Waals surface area contributed by atoms with Gasteiger partial charge in [0.25, 0.3) is 5.91 Å². The number of guanidine groups is 1. The van der Waals surface area contributed by atoms with Crippen LogP contribution in [0.1, 0.15) is 5.56 Å². The zero-order valence-corrected chi connectivity index (χ0v) is 11.7. The van der Waals surface area contributed by atoms with Crippen LogP contribution in [-0.2, 0) is 4.79 Å². The third-order valence-electron chi connectivity index (χ3n) is 3.60. The van der Waals surface area contributed by atoms with Gasteiger partial charge in [0.2, 0.25) is 5.96 Å². The van der Waals surface area contributed by atoms with Gasteiger partial charge >= 0.3 is 0 Å². The molecule has 0 spiro atoms. The first-order valence-corrected chi connectivity index (χ1v) is 6.40. The van der Waals surface area contributed by atoms with Crippen molar-refractivity contribution in [2.75, 3.05) is 21.1 Å². The lowest BCUT2D eigenvalue weighted by Gasteiger charge is -2.12. The monoisotopic (exact) mass is 268 g/mol. The molecule has 1 amide bonds. The van der Waals surface area contributed by atoms with Gasteiger partial charge < -0.3 is 9.88 Å². The molecule has 1 aliphatic heterocycles. The number of nitrogens with one attached hydrogen (secondary N) is 1. The number of nitrogens with zero attached hydrogens (tertiary/aromatic N) is 3. The highest BCUT2D eigenvalue weighted by molar-refractivity contribution is 6.15. The molecule has 5 heteroatoms. The summed E-state index contributed by atoms with van der Waals surface area (Å²) in [7, 11) is 5.27. The first-order valence-electron chi connectivity index (χ1n) is 6.40. The van der Waals surface area contributed by atoms with Gasteiger partial charge in [0.05, 0.1) is 0 Å². The third kappa shape index (κ3) is 1.71. The van der Waals surface area contributed by atoms with E-state index >= 15 is 0 Å². The van der Waals surface area contributed by atoms with Crippen molar-refractivity contribution in [3.05, 3.63) is 41.7 Å². The Kier molecular flexibility index (Phi) is 2.82. The predicted molar refractivity (Wildman–Crippen MR) is 80.2 cm³/mol. The van der Waals surface area contributed by atoms with E-state index in [2.05, 4.69) is 9.98 Å². The summed E-state index contributed by atoms with van der Waals surface area (Å²) in [5, 5.41) is 1.10. The Balaban J connectivity index is 2.11. The highest BCUT2D eigenvalue weighted by atomic mass is 16.2. The predicted octanol–water partition coefficient (Wildman–Crippen LogP) is 1.90. The van der Waals surface area contributed by atoms with Gasteiger partial charge in [-0.1, -0.05) is 18.2 Å². The number of aromatic amines is 1. The number of amides is 1. The first kappa shape index (κ1) is 12.5. The summed E-state index contributed by atoms with van der Waals surface area (Å²) in [6.45, 7) is 0. The van der Waals surface area contributed by atoms with Gasteiger partial charge in [0, 0.05) is 43.8 Å². The summed E-state index contributed by atoms with van der Waals surface area (Å²) >= 11 is 0. The molecule has 0 atom stereocenters. The van der Waals surface area contributed by atoms with E-state index < -0.39 is 0 Å². The molecule has 20 heavy (non-hydrogen) atoms. The lowest BCUT2D eigenvalue weighted by Crippen LogP contribution is -2.29. The molecule has 0 bridgehead atoms. The van der Waals surface area contributed by atoms with Crippen LogP contribution in [0.3, 0.4) is 0 Å². The van der Waals surface area contributed by atoms with E-state index in [0.717, 1.165) is 16.5 Å². The Morgan fingerprint density at radius 3 is 2.65 bits per heavy atom. The number of aromatic nitrogens is 1. The number of para-hydroxylation sites is 1. The Hall–Kier alpha value is -2.56. The number of likely N-dealkylation sites (N-methyl/N-ethyl adjacent to an activating group) is 2. The first-order chi connectivity index (χ1) is 9.63. The van der Waals surface area contributed by atoms with Crippen molar-refractivity contribution >= 4 is 28.8 Å². The Morgan fingerprint density at radius 2 is 1.95 bits per heavy atom. The number of H-pyrrole nitrogens is 1. The molecule has 1 aromatic heterocycles. The zero-order chi connectivity index (χ0) is 14.3. The largest absolute Gasteiger partial charge is 0.361 e. The summed E-state index contributed by atoms with van der Waals surface area (Å²) in [5.41, 5.74) is 2.68. The zero-order valence-electron chi connectivity index (χ0n) is 11.7. The van der Waals surface area contributed by atoms with Crippen molar-refractivity contribution < 1.29 is 4.79 Å². The van der Waals surface area contributed by atoms with Crippen molar-refractivity contribution in [2.45, 2.75) is 0 Å². The summed E-state index contributed by atoms with van der Waals surface area (Å²) in [4.78, 5) is 23.0. The lowest BCUT2D eigenvalue weighted by molar-refractivity contribution is -0.121. The van der Waals surface area contributed by atoms with Crippen LogP contribution < -0.4 is 0 Å². The maximum Gasteiger partial charge on any atom is 0.277 e. The molecule has 1 N–H and O–H groups in total. The van der Waals surface area contributed by atoms with Crippen LogP contribution in [0, 0.1) is 0 Å². The van der Waals surface area contributed by atoms with Crippen molar-refractivity contribution in [1.82, 2.24) is 14.8 Å². The van der Waals surface area contributed by atoms with Crippen molar-refractivity contribution in [3.63, 3.8) is 0 Å². The van der Waals surface area contributed by atoms with E-state index in [0.29, 0.717) is 11.7 Å². The molecule has 2 heterocycles. The molecule has 1 aromatic carbocycles. The molecular formula is C15H16N4O. The van der Waals surface area contributed by atoms with Crippen LogP contribution in [0.2, 0.25) is 0 Å². The van der Waals surface area contributed by atoms with Gasteiger partial charge in [0.1, 0.15) is 5.70 Å². The second kappa shape index (κ2) is 4.52. The Labute approximate surface area is 117 Å². The standard InChI is InChI=1S/C15H16N4O/c1-16-15-18(2)13(14(20)19(15)3)8-10-9-17-12-7-5-4-6-11(10)12/h4-9,17H,1-3H3/b13-8?,16-15-. The number of hydrogen-bond acceptors (Lipinski definition) is 2. The molecule has 2 aromatic rings. The van der Waals surface area contributed by atoms with Crippen LogP contribution >= 0.6 is 0 Å². The minimum atomic E-state index is -0.0432. The van der Waals surface area contributed by atoms with Gasteiger partial charge in [-0.15, -0.1) is 0 Å². The van der Waals surface area contributed by atoms with Crippen LogP contribution in [-0.4, -0.2) is 47.8 Å². The minimum Gasteiger partial charge on any atom is -0.361 e. The number of carbonyl (C=O) groups excluding carboxylic acids is 1. The maximum absolute atomic E-state index is 12.3. The second-order valence-corrected chi connectivity index (χ2v) is 4.77. The fourth-order valence-corrected chi connectivity index (χ4v) is 2.56. The molecule has 0 aliphatic carbocycles. The van der Waals surface area contributed by atoms with Crippen LogP contribution in [0.4, 0.5) is 0 Å². The molecular weight excluding hydrogens is 252 g/mol. The van der Waals surface area contributed by atoms with Crippen molar-refractivity contribution in [1.29, 1.82) is 0 Å². The normalized spacial score (nSPS) is 19.9. The van der Waals surface area contributed by atoms with Gasteiger partial charge in [-0.05, 0) is 12.1 Å². The van der Waals surface area contributed by atoms with Crippen LogP contribution in [0.5, 0.6) is 0 Å². The molecule has 1 fully saturated rings. The average molecular weight is 268 g/mol. The summed E-state index contributed by atoms with van der Waals surface area (Å²) in [5.74, 6) is 0.611. The number of benzene rings is 1.